The monoisotopic (exact) mass is 292 g/mol. The van der Waals surface area contributed by atoms with Crippen LogP contribution >= 0.6 is 0 Å². The lowest BCUT2D eigenvalue weighted by Crippen LogP contribution is -2.44. The van der Waals surface area contributed by atoms with Crippen LogP contribution < -0.4 is 5.73 Å². The van der Waals surface area contributed by atoms with E-state index in [-0.39, 0.29) is 5.69 Å². The summed E-state index contributed by atoms with van der Waals surface area (Å²) in [5.74, 6) is -2.69. The van der Waals surface area contributed by atoms with Crippen LogP contribution in [-0.4, -0.2) is 25.3 Å². The molecule has 4 nitrogen and oxygen atoms in total. The van der Waals surface area contributed by atoms with Gasteiger partial charge in [0.25, 0.3) is 0 Å². The van der Waals surface area contributed by atoms with Gasteiger partial charge in [0.1, 0.15) is 4.90 Å². The molecule has 0 unspecified atom stereocenters. The van der Waals surface area contributed by atoms with Gasteiger partial charge in [-0.2, -0.15) is 4.31 Å². The standard InChI is InChI=1S/C12H18F2N2O2S/c1-5-12(2,3)16(4)19(17,18)10-7-8(15)6-9(13)11(10)14/h6-7H,5,15H2,1-4H3. The van der Waals surface area contributed by atoms with Crippen LogP contribution in [0, 0.1) is 11.6 Å². The molecular weight excluding hydrogens is 274 g/mol. The first kappa shape index (κ1) is 15.8. The second-order valence-corrected chi connectivity index (χ2v) is 6.89. The van der Waals surface area contributed by atoms with Gasteiger partial charge in [-0.1, -0.05) is 6.92 Å². The van der Waals surface area contributed by atoms with Gasteiger partial charge in [0.15, 0.2) is 11.6 Å². The molecule has 0 heterocycles. The van der Waals surface area contributed by atoms with Gasteiger partial charge >= 0.3 is 0 Å². The van der Waals surface area contributed by atoms with Crippen LogP contribution in [0.2, 0.25) is 0 Å². The summed E-state index contributed by atoms with van der Waals surface area (Å²) in [5.41, 5.74) is 4.52. The Labute approximate surface area is 112 Å². The molecule has 19 heavy (non-hydrogen) atoms. The first-order valence-electron chi connectivity index (χ1n) is 5.77. The van der Waals surface area contributed by atoms with E-state index in [1.807, 2.05) is 6.92 Å². The fourth-order valence-electron chi connectivity index (χ4n) is 1.47. The molecule has 1 rings (SSSR count). The molecule has 0 spiro atoms. The van der Waals surface area contributed by atoms with E-state index in [1.165, 1.54) is 7.05 Å². The molecule has 7 heteroatoms. The molecule has 2 N–H and O–H groups in total. The number of rotatable bonds is 4. The Bertz CT molecular complexity index is 586. The van der Waals surface area contributed by atoms with E-state index in [2.05, 4.69) is 0 Å². The Kier molecular flexibility index (Phi) is 4.21. The fraction of sp³-hybridized carbons (Fsp3) is 0.500. The number of hydrogen-bond donors (Lipinski definition) is 1. The molecule has 0 radical (unpaired) electrons. The van der Waals surface area contributed by atoms with E-state index >= 15 is 0 Å². The third-order valence-corrected chi connectivity index (χ3v) is 5.44. The summed E-state index contributed by atoms with van der Waals surface area (Å²) in [6.07, 6.45) is 0.523. The summed E-state index contributed by atoms with van der Waals surface area (Å²) in [6, 6.07) is 1.68. The number of nitrogens with two attached hydrogens (primary N) is 1. The molecule has 0 aliphatic carbocycles. The third-order valence-electron chi connectivity index (χ3n) is 3.37. The minimum absolute atomic E-state index is 0.139. The van der Waals surface area contributed by atoms with Crippen molar-refractivity contribution in [2.24, 2.45) is 0 Å². The topological polar surface area (TPSA) is 63.4 Å². The maximum atomic E-state index is 13.7. The van der Waals surface area contributed by atoms with Crippen molar-refractivity contribution in [2.75, 3.05) is 12.8 Å². The second kappa shape index (κ2) is 5.05. The molecule has 108 valence electrons. The number of sulfonamides is 1. The van der Waals surface area contributed by atoms with E-state index in [4.69, 9.17) is 5.73 Å². The van der Waals surface area contributed by atoms with E-state index < -0.39 is 32.1 Å². The highest BCUT2D eigenvalue weighted by Crippen LogP contribution is 2.29. The van der Waals surface area contributed by atoms with Crippen LogP contribution in [0.25, 0.3) is 0 Å². The second-order valence-electron chi connectivity index (χ2n) is 4.95. The molecule has 0 fully saturated rings. The number of nitrogens with zero attached hydrogens (tertiary/aromatic N) is 1. The lowest BCUT2D eigenvalue weighted by molar-refractivity contribution is 0.256. The van der Waals surface area contributed by atoms with Crippen molar-refractivity contribution in [3.05, 3.63) is 23.8 Å². The summed E-state index contributed by atoms with van der Waals surface area (Å²) in [4.78, 5) is -0.742. The molecular formula is C12H18F2N2O2S. The Balaban J connectivity index is 3.45. The van der Waals surface area contributed by atoms with Crippen LogP contribution in [0.3, 0.4) is 0 Å². The number of benzene rings is 1. The van der Waals surface area contributed by atoms with Crippen molar-refractivity contribution in [2.45, 2.75) is 37.6 Å². The molecule has 0 saturated heterocycles. The van der Waals surface area contributed by atoms with Crippen LogP contribution in [0.4, 0.5) is 14.5 Å². The van der Waals surface area contributed by atoms with Crippen molar-refractivity contribution in [1.82, 2.24) is 4.31 Å². The number of hydrogen-bond acceptors (Lipinski definition) is 3. The van der Waals surface area contributed by atoms with Gasteiger partial charge in [-0.25, -0.2) is 17.2 Å². The predicted octanol–water partition coefficient (Wildman–Crippen LogP) is 2.36. The Morgan fingerprint density at radius 2 is 1.84 bits per heavy atom. The van der Waals surface area contributed by atoms with Gasteiger partial charge in [0.05, 0.1) is 0 Å². The highest BCUT2D eigenvalue weighted by atomic mass is 32.2. The van der Waals surface area contributed by atoms with Gasteiger partial charge in [0, 0.05) is 18.3 Å². The third kappa shape index (κ3) is 2.87. The van der Waals surface area contributed by atoms with Gasteiger partial charge in [-0.3, -0.25) is 0 Å². The molecule has 1 aromatic carbocycles. The Hall–Kier alpha value is -1.21. The van der Waals surface area contributed by atoms with Crippen molar-refractivity contribution in [3.8, 4) is 0 Å². The summed E-state index contributed by atoms with van der Waals surface area (Å²) < 4.78 is 52.6. The zero-order valence-electron chi connectivity index (χ0n) is 11.4. The highest BCUT2D eigenvalue weighted by molar-refractivity contribution is 7.89. The normalized spacial score (nSPS) is 13.0. The number of nitrogen functional groups attached to an aromatic ring is 1. The predicted molar refractivity (Wildman–Crippen MR) is 70.1 cm³/mol. The van der Waals surface area contributed by atoms with E-state index in [9.17, 15) is 17.2 Å². The summed E-state index contributed by atoms with van der Waals surface area (Å²) >= 11 is 0. The molecule has 0 aliphatic rings. The van der Waals surface area contributed by atoms with Crippen molar-refractivity contribution < 1.29 is 17.2 Å². The van der Waals surface area contributed by atoms with Gasteiger partial charge in [-0.05, 0) is 32.4 Å². The van der Waals surface area contributed by atoms with E-state index in [1.54, 1.807) is 13.8 Å². The fourth-order valence-corrected chi connectivity index (χ4v) is 3.15. The Morgan fingerprint density at radius 3 is 2.32 bits per heavy atom. The maximum Gasteiger partial charge on any atom is 0.246 e. The summed E-state index contributed by atoms with van der Waals surface area (Å²) in [6.45, 7) is 5.21. The van der Waals surface area contributed by atoms with Gasteiger partial charge in [-0.15, -0.1) is 0 Å². The Morgan fingerprint density at radius 1 is 1.32 bits per heavy atom. The average Bonchev–Trinajstić information content (AvgIpc) is 2.32. The molecule has 0 amide bonds. The number of halogens is 2. The molecule has 0 saturated carbocycles. The maximum absolute atomic E-state index is 13.7. The molecule has 0 atom stereocenters. The molecule has 0 aliphatic heterocycles. The van der Waals surface area contributed by atoms with Crippen molar-refractivity contribution in [1.29, 1.82) is 0 Å². The van der Waals surface area contributed by atoms with E-state index in [0.717, 1.165) is 16.4 Å². The molecule has 1 aromatic rings. The average molecular weight is 292 g/mol. The van der Waals surface area contributed by atoms with E-state index in [0.29, 0.717) is 6.42 Å². The van der Waals surface area contributed by atoms with Gasteiger partial charge < -0.3 is 5.73 Å². The zero-order valence-corrected chi connectivity index (χ0v) is 12.2. The van der Waals surface area contributed by atoms with Crippen LogP contribution in [-0.2, 0) is 10.0 Å². The van der Waals surface area contributed by atoms with Crippen molar-refractivity contribution in [3.63, 3.8) is 0 Å². The lowest BCUT2D eigenvalue weighted by atomic mass is 10.0. The van der Waals surface area contributed by atoms with Crippen LogP contribution in [0.1, 0.15) is 27.2 Å². The lowest BCUT2D eigenvalue weighted by Gasteiger charge is -2.33. The largest absolute Gasteiger partial charge is 0.399 e. The zero-order chi connectivity index (χ0) is 15.0. The van der Waals surface area contributed by atoms with Crippen molar-refractivity contribution >= 4 is 15.7 Å². The summed E-state index contributed by atoms with van der Waals surface area (Å²) in [7, 11) is -2.81. The van der Waals surface area contributed by atoms with Gasteiger partial charge in [0.2, 0.25) is 10.0 Å². The molecule has 0 aromatic heterocycles. The first-order valence-corrected chi connectivity index (χ1v) is 7.21. The first-order chi connectivity index (χ1) is 8.54. The van der Waals surface area contributed by atoms with Crippen LogP contribution in [0.15, 0.2) is 17.0 Å². The minimum Gasteiger partial charge on any atom is -0.399 e. The molecule has 0 bridgehead atoms. The smallest absolute Gasteiger partial charge is 0.246 e. The SMILES string of the molecule is CCC(C)(C)N(C)S(=O)(=O)c1cc(N)cc(F)c1F. The quantitative estimate of drug-likeness (QED) is 0.866. The van der Waals surface area contributed by atoms with Crippen LogP contribution in [0.5, 0.6) is 0 Å². The minimum atomic E-state index is -4.15. The number of anilines is 1. The summed E-state index contributed by atoms with van der Waals surface area (Å²) in [5, 5.41) is 0. The highest BCUT2D eigenvalue weighted by Gasteiger charge is 2.35.